The van der Waals surface area contributed by atoms with Gasteiger partial charge in [-0.05, 0) is 152 Å². The molecule has 0 radical (unpaired) electrons. The van der Waals surface area contributed by atoms with E-state index in [1.807, 2.05) is 0 Å². The molecular formula is C54H37NO. The van der Waals surface area contributed by atoms with Crippen molar-refractivity contribution in [3.63, 3.8) is 0 Å². The summed E-state index contributed by atoms with van der Waals surface area (Å²) in [5, 5.41) is 7.31. The molecule has 10 aromatic rings. The molecule has 0 unspecified atom stereocenters. The van der Waals surface area contributed by atoms with Crippen LogP contribution in [-0.4, -0.2) is 0 Å². The molecule has 2 aliphatic rings. The van der Waals surface area contributed by atoms with Crippen molar-refractivity contribution in [2.45, 2.75) is 25.7 Å². The van der Waals surface area contributed by atoms with Crippen molar-refractivity contribution in [1.29, 1.82) is 0 Å². The van der Waals surface area contributed by atoms with Crippen molar-refractivity contribution >= 4 is 60.5 Å². The lowest BCUT2D eigenvalue weighted by molar-refractivity contribution is 0.668. The lowest BCUT2D eigenvalue weighted by Gasteiger charge is -2.33. The van der Waals surface area contributed by atoms with E-state index in [1.165, 1.54) is 95.7 Å². The average Bonchev–Trinajstić information content (AvgIpc) is 3.65. The van der Waals surface area contributed by atoms with Crippen LogP contribution in [0.15, 0.2) is 180 Å². The summed E-state index contributed by atoms with van der Waals surface area (Å²) >= 11 is 0. The molecule has 0 fully saturated rings. The Hall–Kier alpha value is -6.90. The van der Waals surface area contributed by atoms with Crippen LogP contribution in [0.1, 0.15) is 24.0 Å². The van der Waals surface area contributed by atoms with E-state index in [1.54, 1.807) is 0 Å². The molecular weight excluding hydrogens is 679 g/mol. The van der Waals surface area contributed by atoms with Crippen LogP contribution >= 0.6 is 0 Å². The lowest BCUT2D eigenvalue weighted by Crippen LogP contribution is -2.17. The van der Waals surface area contributed by atoms with Crippen LogP contribution in [0.3, 0.4) is 0 Å². The van der Waals surface area contributed by atoms with Gasteiger partial charge in [-0.2, -0.15) is 0 Å². The van der Waals surface area contributed by atoms with Crippen molar-refractivity contribution in [3.05, 3.63) is 187 Å². The van der Waals surface area contributed by atoms with Gasteiger partial charge in [0.1, 0.15) is 5.58 Å². The largest absolute Gasteiger partial charge is 0.454 e. The van der Waals surface area contributed by atoms with Gasteiger partial charge in [-0.1, -0.05) is 121 Å². The maximum Gasteiger partial charge on any atom is 0.159 e. The Kier molecular flexibility index (Phi) is 6.91. The Morgan fingerprint density at radius 2 is 1.05 bits per heavy atom. The maximum absolute atomic E-state index is 6.80. The summed E-state index contributed by atoms with van der Waals surface area (Å²) in [7, 11) is 0. The third kappa shape index (κ3) is 4.82. The number of nitrogens with zero attached hydrogens (tertiary/aromatic N) is 1. The molecule has 0 N–H and O–H groups in total. The number of fused-ring (bicyclic) bond motifs is 10. The summed E-state index contributed by atoms with van der Waals surface area (Å²) in [6.45, 7) is 0. The Labute approximate surface area is 325 Å². The number of rotatable bonds is 5. The molecule has 0 spiro atoms. The third-order valence-electron chi connectivity index (χ3n) is 12.3. The molecule has 0 saturated heterocycles. The van der Waals surface area contributed by atoms with Gasteiger partial charge in [0.25, 0.3) is 0 Å². The van der Waals surface area contributed by atoms with E-state index in [2.05, 4.69) is 181 Å². The second-order valence-corrected chi connectivity index (χ2v) is 15.5. The molecule has 0 aliphatic heterocycles. The molecule has 1 aromatic heterocycles. The van der Waals surface area contributed by atoms with E-state index in [-0.39, 0.29) is 0 Å². The fourth-order valence-corrected chi connectivity index (χ4v) is 9.57. The Balaban J connectivity index is 1.07. The molecule has 0 amide bonds. The molecule has 264 valence electrons. The van der Waals surface area contributed by atoms with Crippen molar-refractivity contribution in [2.75, 3.05) is 4.90 Å². The number of anilines is 3. The number of hydrogen-bond donors (Lipinski definition) is 0. The highest BCUT2D eigenvalue weighted by Crippen LogP contribution is 2.53. The van der Waals surface area contributed by atoms with Crippen LogP contribution in [-0.2, 0) is 12.8 Å². The molecule has 12 rings (SSSR count). The van der Waals surface area contributed by atoms with Crippen LogP contribution in [0.25, 0.3) is 88.0 Å². The first-order valence-corrected chi connectivity index (χ1v) is 19.9. The number of hydrogen-bond acceptors (Lipinski definition) is 2. The van der Waals surface area contributed by atoms with Crippen LogP contribution < -0.4 is 4.90 Å². The number of aryl methyl sites for hydroxylation is 1. The van der Waals surface area contributed by atoms with Crippen LogP contribution in [0.2, 0.25) is 0 Å². The van der Waals surface area contributed by atoms with E-state index in [4.69, 9.17) is 4.42 Å². The molecule has 0 bridgehead atoms. The summed E-state index contributed by atoms with van der Waals surface area (Å²) in [4.78, 5) is 2.52. The standard InChI is InChI=1S/C54H37NO/c1-3-12-34(13-4-1)37-22-23-38-30-47-48-31-39-24-26-42(29-41(39)33-50(48)49(47)32-40(38)28-37)55(51-20-11-19-46-45-18-9-10-21-52(45)56-54(46)51)53-43-17-8-7-16-36(43)25-27-44(53)35-14-5-2-6-15-35/h1-6,9-15,18-33H,7-8,16-17H2. The van der Waals surface area contributed by atoms with Gasteiger partial charge in [0.2, 0.25) is 0 Å². The zero-order chi connectivity index (χ0) is 36.7. The van der Waals surface area contributed by atoms with Gasteiger partial charge in [0, 0.05) is 22.0 Å². The summed E-state index contributed by atoms with van der Waals surface area (Å²) in [5.74, 6) is 0. The molecule has 1 heterocycles. The molecule has 0 saturated carbocycles. The van der Waals surface area contributed by atoms with E-state index in [9.17, 15) is 0 Å². The van der Waals surface area contributed by atoms with Gasteiger partial charge in [0.15, 0.2) is 5.58 Å². The predicted octanol–water partition coefficient (Wildman–Crippen LogP) is 15.2. The second-order valence-electron chi connectivity index (χ2n) is 15.5. The number of para-hydroxylation sites is 2. The van der Waals surface area contributed by atoms with E-state index in [0.717, 1.165) is 46.2 Å². The molecule has 0 atom stereocenters. The quantitative estimate of drug-likeness (QED) is 0.176. The van der Waals surface area contributed by atoms with Crippen molar-refractivity contribution in [1.82, 2.24) is 0 Å². The molecule has 9 aromatic carbocycles. The second kappa shape index (κ2) is 12.3. The summed E-state index contributed by atoms with van der Waals surface area (Å²) in [6, 6.07) is 64.9. The highest BCUT2D eigenvalue weighted by Gasteiger charge is 2.28. The first kappa shape index (κ1) is 31.5. The Bertz CT molecular complexity index is 3190. The van der Waals surface area contributed by atoms with Gasteiger partial charge < -0.3 is 9.32 Å². The van der Waals surface area contributed by atoms with Crippen LogP contribution in [0.5, 0.6) is 0 Å². The van der Waals surface area contributed by atoms with Crippen molar-refractivity contribution in [3.8, 4) is 44.5 Å². The fraction of sp³-hybridized carbons (Fsp3) is 0.0741. The van der Waals surface area contributed by atoms with Crippen molar-refractivity contribution < 1.29 is 4.42 Å². The topological polar surface area (TPSA) is 16.4 Å². The SMILES string of the molecule is c1ccc(-c2ccc3cc4c(cc3c2)-c2cc3cc(N(c5c(-c6ccccc6)ccc6c5CCCC6)c5cccc6c5oc5ccccc56)ccc3cc2-4)cc1. The molecule has 2 heteroatoms. The maximum atomic E-state index is 6.80. The van der Waals surface area contributed by atoms with Crippen LogP contribution in [0.4, 0.5) is 17.1 Å². The minimum absolute atomic E-state index is 0.910. The highest BCUT2D eigenvalue weighted by atomic mass is 16.3. The lowest BCUT2D eigenvalue weighted by atomic mass is 9.77. The smallest absolute Gasteiger partial charge is 0.159 e. The number of benzene rings is 9. The molecule has 2 nitrogen and oxygen atoms in total. The van der Waals surface area contributed by atoms with Gasteiger partial charge in [-0.3, -0.25) is 0 Å². The first-order chi connectivity index (χ1) is 27.7. The van der Waals surface area contributed by atoms with Gasteiger partial charge >= 0.3 is 0 Å². The highest BCUT2D eigenvalue weighted by molar-refractivity contribution is 6.14. The van der Waals surface area contributed by atoms with Gasteiger partial charge in [0.05, 0.1) is 11.4 Å². The summed E-state index contributed by atoms with van der Waals surface area (Å²) < 4.78 is 6.80. The Morgan fingerprint density at radius 1 is 0.411 bits per heavy atom. The molecule has 56 heavy (non-hydrogen) atoms. The average molecular weight is 716 g/mol. The monoisotopic (exact) mass is 715 g/mol. The fourth-order valence-electron chi connectivity index (χ4n) is 9.57. The van der Waals surface area contributed by atoms with E-state index in [0.29, 0.717) is 0 Å². The van der Waals surface area contributed by atoms with E-state index >= 15 is 0 Å². The zero-order valence-corrected chi connectivity index (χ0v) is 30.9. The van der Waals surface area contributed by atoms with Crippen LogP contribution in [0, 0.1) is 0 Å². The molecule has 2 aliphatic carbocycles. The first-order valence-electron chi connectivity index (χ1n) is 19.9. The van der Waals surface area contributed by atoms with Crippen molar-refractivity contribution in [2.24, 2.45) is 0 Å². The van der Waals surface area contributed by atoms with Gasteiger partial charge in [-0.15, -0.1) is 0 Å². The number of furan rings is 1. The third-order valence-corrected chi connectivity index (χ3v) is 12.3. The minimum Gasteiger partial charge on any atom is -0.454 e. The summed E-state index contributed by atoms with van der Waals surface area (Å²) in [5.41, 5.74) is 18.5. The van der Waals surface area contributed by atoms with E-state index < -0.39 is 0 Å². The zero-order valence-electron chi connectivity index (χ0n) is 30.9. The summed E-state index contributed by atoms with van der Waals surface area (Å²) in [6.07, 6.45) is 4.56. The minimum atomic E-state index is 0.910. The normalized spacial score (nSPS) is 13.1. The van der Waals surface area contributed by atoms with Gasteiger partial charge in [-0.25, -0.2) is 0 Å². The Morgan fingerprint density at radius 3 is 1.84 bits per heavy atom. The predicted molar refractivity (Wildman–Crippen MR) is 235 cm³/mol.